The van der Waals surface area contributed by atoms with E-state index in [2.05, 4.69) is 43.2 Å². The zero-order chi connectivity index (χ0) is 18.2. The standard InChI is InChI=1S/C19H21N3O2S/c1-12(13-5-7-14(8-6-13)19(2,3)4)21-16(23)15-11-20-18-22(17(15)24)9-10-25-18/h5-12H,1-4H3,(H,21,23). The molecule has 25 heavy (non-hydrogen) atoms. The van der Waals surface area contributed by atoms with Crippen LogP contribution >= 0.6 is 11.3 Å². The molecular weight excluding hydrogens is 334 g/mol. The van der Waals surface area contributed by atoms with Crippen LogP contribution in [0.25, 0.3) is 4.96 Å². The Hall–Kier alpha value is -2.47. The highest BCUT2D eigenvalue weighted by Gasteiger charge is 2.18. The molecule has 130 valence electrons. The van der Waals surface area contributed by atoms with Gasteiger partial charge in [-0.1, -0.05) is 45.0 Å². The average Bonchev–Trinajstić information content (AvgIpc) is 3.04. The SMILES string of the molecule is CC(NC(=O)c1cnc2sccn2c1=O)c1ccc(C(C)(C)C)cc1. The molecular formula is C19H21N3O2S. The third-order valence-electron chi connectivity index (χ3n) is 4.21. The molecule has 0 aliphatic heterocycles. The molecule has 0 aliphatic carbocycles. The first-order chi connectivity index (χ1) is 11.8. The lowest BCUT2D eigenvalue weighted by Crippen LogP contribution is -2.32. The number of carbonyl (C=O) groups excluding carboxylic acids is 1. The molecule has 5 nitrogen and oxygen atoms in total. The number of aromatic nitrogens is 2. The second-order valence-electron chi connectivity index (χ2n) is 7.10. The van der Waals surface area contributed by atoms with Gasteiger partial charge in [0.2, 0.25) is 0 Å². The van der Waals surface area contributed by atoms with Crippen LogP contribution in [0.15, 0.2) is 46.8 Å². The van der Waals surface area contributed by atoms with Crippen LogP contribution in [-0.4, -0.2) is 15.3 Å². The summed E-state index contributed by atoms with van der Waals surface area (Å²) in [5, 5.41) is 4.65. The number of nitrogens with one attached hydrogen (secondary N) is 1. The first kappa shape index (κ1) is 17.4. The van der Waals surface area contributed by atoms with Gasteiger partial charge in [0.15, 0.2) is 4.96 Å². The van der Waals surface area contributed by atoms with E-state index in [4.69, 9.17) is 0 Å². The normalized spacial score (nSPS) is 13.0. The van der Waals surface area contributed by atoms with Gasteiger partial charge in [-0.25, -0.2) is 4.98 Å². The summed E-state index contributed by atoms with van der Waals surface area (Å²) in [5.41, 5.74) is 2.01. The van der Waals surface area contributed by atoms with E-state index in [-0.39, 0.29) is 22.6 Å². The number of amides is 1. The number of nitrogens with zero attached hydrogens (tertiary/aromatic N) is 2. The topological polar surface area (TPSA) is 63.5 Å². The second kappa shape index (κ2) is 6.44. The van der Waals surface area contributed by atoms with Crippen molar-refractivity contribution in [2.24, 2.45) is 0 Å². The summed E-state index contributed by atoms with van der Waals surface area (Å²) in [5.74, 6) is -0.412. The summed E-state index contributed by atoms with van der Waals surface area (Å²) in [4.78, 5) is 29.6. The van der Waals surface area contributed by atoms with Crippen LogP contribution in [0.5, 0.6) is 0 Å². The van der Waals surface area contributed by atoms with Crippen molar-refractivity contribution in [2.75, 3.05) is 0 Å². The van der Waals surface area contributed by atoms with Gasteiger partial charge < -0.3 is 5.32 Å². The van der Waals surface area contributed by atoms with Gasteiger partial charge >= 0.3 is 0 Å². The summed E-state index contributed by atoms with van der Waals surface area (Å²) < 4.78 is 1.39. The minimum absolute atomic E-state index is 0.0501. The molecule has 3 aromatic rings. The van der Waals surface area contributed by atoms with E-state index in [1.165, 1.54) is 27.5 Å². The Morgan fingerprint density at radius 2 is 1.92 bits per heavy atom. The van der Waals surface area contributed by atoms with Crippen LogP contribution in [-0.2, 0) is 5.41 Å². The number of thiazole rings is 1. The van der Waals surface area contributed by atoms with E-state index in [1.54, 1.807) is 11.6 Å². The van der Waals surface area contributed by atoms with Gasteiger partial charge in [-0.3, -0.25) is 14.0 Å². The zero-order valence-corrected chi connectivity index (χ0v) is 15.6. The Kier molecular flexibility index (Phi) is 4.47. The second-order valence-corrected chi connectivity index (χ2v) is 7.97. The molecule has 3 rings (SSSR count). The Morgan fingerprint density at radius 3 is 2.56 bits per heavy atom. The number of benzene rings is 1. The van der Waals surface area contributed by atoms with Gasteiger partial charge in [0.1, 0.15) is 5.56 Å². The summed E-state index contributed by atoms with van der Waals surface area (Å²) in [6, 6.07) is 7.97. The van der Waals surface area contributed by atoms with E-state index in [0.717, 1.165) is 5.56 Å². The largest absolute Gasteiger partial charge is 0.345 e. The van der Waals surface area contributed by atoms with Gasteiger partial charge in [-0.15, -0.1) is 11.3 Å². The van der Waals surface area contributed by atoms with E-state index in [1.807, 2.05) is 19.1 Å². The number of rotatable bonds is 3. The molecule has 1 atom stereocenters. The van der Waals surface area contributed by atoms with Crippen LogP contribution < -0.4 is 10.9 Å². The molecule has 1 aromatic carbocycles. The van der Waals surface area contributed by atoms with Gasteiger partial charge in [-0.05, 0) is 23.5 Å². The summed E-state index contributed by atoms with van der Waals surface area (Å²) >= 11 is 1.36. The lowest BCUT2D eigenvalue weighted by molar-refractivity contribution is 0.0938. The van der Waals surface area contributed by atoms with Crippen molar-refractivity contribution in [1.82, 2.24) is 14.7 Å². The summed E-state index contributed by atoms with van der Waals surface area (Å²) in [6.45, 7) is 8.38. The van der Waals surface area contributed by atoms with Crippen molar-refractivity contribution in [2.45, 2.75) is 39.2 Å². The summed E-state index contributed by atoms with van der Waals surface area (Å²) in [7, 11) is 0. The van der Waals surface area contributed by atoms with Crippen LogP contribution in [0.4, 0.5) is 0 Å². The number of hydrogen-bond donors (Lipinski definition) is 1. The summed E-state index contributed by atoms with van der Waals surface area (Å²) in [6.07, 6.45) is 2.97. The smallest absolute Gasteiger partial charge is 0.271 e. The van der Waals surface area contributed by atoms with E-state index in [0.29, 0.717) is 4.96 Å². The fourth-order valence-corrected chi connectivity index (χ4v) is 3.29. The van der Waals surface area contributed by atoms with Crippen molar-refractivity contribution >= 4 is 22.2 Å². The van der Waals surface area contributed by atoms with Crippen molar-refractivity contribution in [3.8, 4) is 0 Å². The highest BCUT2D eigenvalue weighted by molar-refractivity contribution is 7.15. The zero-order valence-electron chi connectivity index (χ0n) is 14.7. The molecule has 0 radical (unpaired) electrons. The predicted molar refractivity (Wildman–Crippen MR) is 100 cm³/mol. The molecule has 1 amide bonds. The number of hydrogen-bond acceptors (Lipinski definition) is 4. The van der Waals surface area contributed by atoms with E-state index >= 15 is 0 Å². The van der Waals surface area contributed by atoms with Crippen LogP contribution in [0, 0.1) is 0 Å². The van der Waals surface area contributed by atoms with Gasteiger partial charge in [0, 0.05) is 17.8 Å². The molecule has 0 saturated carbocycles. The Morgan fingerprint density at radius 1 is 1.24 bits per heavy atom. The first-order valence-corrected chi connectivity index (χ1v) is 9.01. The lowest BCUT2D eigenvalue weighted by Gasteiger charge is -2.20. The highest BCUT2D eigenvalue weighted by atomic mass is 32.1. The fraction of sp³-hybridized carbons (Fsp3) is 0.316. The Labute approximate surface area is 150 Å². The molecule has 0 fully saturated rings. The van der Waals surface area contributed by atoms with Crippen molar-refractivity contribution in [3.05, 3.63) is 69.1 Å². The van der Waals surface area contributed by atoms with E-state index < -0.39 is 5.91 Å². The molecule has 0 bridgehead atoms. The van der Waals surface area contributed by atoms with Crippen LogP contribution in [0.1, 0.15) is 55.2 Å². The molecule has 1 unspecified atom stereocenters. The van der Waals surface area contributed by atoms with Gasteiger partial charge in [0.25, 0.3) is 11.5 Å². The molecule has 6 heteroatoms. The highest BCUT2D eigenvalue weighted by Crippen LogP contribution is 2.24. The lowest BCUT2D eigenvalue weighted by atomic mass is 9.86. The van der Waals surface area contributed by atoms with Crippen molar-refractivity contribution in [3.63, 3.8) is 0 Å². The third-order valence-corrected chi connectivity index (χ3v) is 4.98. The maximum Gasteiger partial charge on any atom is 0.271 e. The molecule has 2 heterocycles. The maximum atomic E-state index is 12.5. The van der Waals surface area contributed by atoms with E-state index in [9.17, 15) is 9.59 Å². The Bertz CT molecular complexity index is 965. The molecule has 0 spiro atoms. The number of fused-ring (bicyclic) bond motifs is 1. The molecule has 0 aliphatic rings. The third kappa shape index (κ3) is 3.49. The Balaban J connectivity index is 1.80. The van der Waals surface area contributed by atoms with Gasteiger partial charge in [-0.2, -0.15) is 0 Å². The van der Waals surface area contributed by atoms with Crippen LogP contribution in [0.3, 0.4) is 0 Å². The van der Waals surface area contributed by atoms with Crippen LogP contribution in [0.2, 0.25) is 0 Å². The molecule has 1 N–H and O–H groups in total. The molecule has 0 saturated heterocycles. The van der Waals surface area contributed by atoms with Gasteiger partial charge in [0.05, 0.1) is 6.04 Å². The number of carbonyl (C=O) groups is 1. The fourth-order valence-electron chi connectivity index (χ4n) is 2.61. The van der Waals surface area contributed by atoms with Crippen molar-refractivity contribution < 1.29 is 4.79 Å². The minimum Gasteiger partial charge on any atom is -0.345 e. The quantitative estimate of drug-likeness (QED) is 0.781. The first-order valence-electron chi connectivity index (χ1n) is 8.13. The maximum absolute atomic E-state index is 12.5. The molecule has 2 aromatic heterocycles. The monoisotopic (exact) mass is 355 g/mol. The minimum atomic E-state index is -0.412. The van der Waals surface area contributed by atoms with Crippen molar-refractivity contribution in [1.29, 1.82) is 0 Å². The predicted octanol–water partition coefficient (Wildman–Crippen LogP) is 3.54. The average molecular weight is 355 g/mol.